The second kappa shape index (κ2) is 6.75. The van der Waals surface area contributed by atoms with Gasteiger partial charge >= 0.3 is 5.97 Å². The molecule has 2 rings (SSSR count). The highest BCUT2D eigenvalue weighted by atomic mass is 16.4. The Labute approximate surface area is 117 Å². The molecule has 1 heterocycles. The molecule has 1 aromatic heterocycles. The number of rotatable bonds is 7. The van der Waals surface area contributed by atoms with E-state index in [1.807, 2.05) is 41.1 Å². The smallest absolute Gasteiger partial charge is 0.303 e. The Bertz CT molecular complexity index is 604. The fourth-order valence-corrected chi connectivity index (χ4v) is 2.12. The molecule has 1 aromatic carbocycles. The number of aliphatic carboxylic acids is 1. The molecule has 0 aliphatic rings. The Morgan fingerprint density at radius 1 is 1.15 bits per heavy atom. The van der Waals surface area contributed by atoms with E-state index < -0.39 is 5.97 Å². The van der Waals surface area contributed by atoms with Crippen molar-refractivity contribution >= 4 is 22.8 Å². The van der Waals surface area contributed by atoms with Gasteiger partial charge in [-0.2, -0.15) is 0 Å². The van der Waals surface area contributed by atoms with Crippen molar-refractivity contribution in [3.8, 4) is 0 Å². The molecular formula is C15H18N2O3. The average Bonchev–Trinajstić information content (AvgIpc) is 2.81. The summed E-state index contributed by atoms with van der Waals surface area (Å²) < 4.78 is 1.90. The molecule has 0 atom stereocenters. The van der Waals surface area contributed by atoms with Gasteiger partial charge in [0.05, 0.1) is 0 Å². The molecule has 0 bridgehead atoms. The van der Waals surface area contributed by atoms with Crippen molar-refractivity contribution in [2.45, 2.75) is 25.8 Å². The van der Waals surface area contributed by atoms with E-state index in [4.69, 9.17) is 5.11 Å². The minimum absolute atomic E-state index is 0.0540. The van der Waals surface area contributed by atoms with Gasteiger partial charge in [-0.1, -0.05) is 18.2 Å². The third-order valence-corrected chi connectivity index (χ3v) is 3.13. The summed E-state index contributed by atoms with van der Waals surface area (Å²) in [5.74, 6) is -0.850. The molecule has 0 fully saturated rings. The van der Waals surface area contributed by atoms with Gasteiger partial charge in [-0.25, -0.2) is 0 Å². The van der Waals surface area contributed by atoms with Crippen molar-refractivity contribution in [2.24, 2.45) is 0 Å². The number of hydrogen-bond acceptors (Lipinski definition) is 2. The summed E-state index contributed by atoms with van der Waals surface area (Å²) in [4.78, 5) is 22.1. The molecule has 0 aliphatic heterocycles. The van der Waals surface area contributed by atoms with Gasteiger partial charge in [0, 0.05) is 24.7 Å². The first-order chi connectivity index (χ1) is 9.66. The van der Waals surface area contributed by atoms with E-state index in [-0.39, 0.29) is 18.9 Å². The predicted octanol–water partition coefficient (Wildman–Crippen LogP) is 2.01. The maximum absolute atomic E-state index is 11.8. The standard InChI is InChI=1S/C15H18N2O3/c18-14(16-9-4-3-7-15(19)20)11-17-10-8-12-5-1-2-6-13(12)17/h1-2,5-6,8,10H,3-4,7,9,11H2,(H,16,18)(H,19,20). The van der Waals surface area contributed by atoms with E-state index in [1.54, 1.807) is 0 Å². The quantitative estimate of drug-likeness (QED) is 0.759. The van der Waals surface area contributed by atoms with Gasteiger partial charge in [-0.05, 0) is 30.4 Å². The monoisotopic (exact) mass is 274 g/mol. The summed E-state index contributed by atoms with van der Waals surface area (Å²) in [6, 6.07) is 9.89. The van der Waals surface area contributed by atoms with Crippen molar-refractivity contribution < 1.29 is 14.7 Å². The summed E-state index contributed by atoms with van der Waals surface area (Å²) in [6.45, 7) is 0.803. The number of fused-ring (bicyclic) bond motifs is 1. The van der Waals surface area contributed by atoms with Crippen molar-refractivity contribution in [3.05, 3.63) is 36.5 Å². The maximum atomic E-state index is 11.8. The lowest BCUT2D eigenvalue weighted by atomic mass is 10.2. The van der Waals surface area contributed by atoms with Gasteiger partial charge < -0.3 is 15.0 Å². The number of carbonyl (C=O) groups excluding carboxylic acids is 1. The Morgan fingerprint density at radius 3 is 2.75 bits per heavy atom. The lowest BCUT2D eigenvalue weighted by Gasteiger charge is -2.07. The molecular weight excluding hydrogens is 256 g/mol. The summed E-state index contributed by atoms with van der Waals surface area (Å²) in [6.07, 6.45) is 3.32. The number of carboxylic acid groups (broad SMARTS) is 1. The summed E-state index contributed by atoms with van der Waals surface area (Å²) in [5, 5.41) is 12.4. The summed E-state index contributed by atoms with van der Waals surface area (Å²) >= 11 is 0. The van der Waals surface area contributed by atoms with Gasteiger partial charge in [-0.3, -0.25) is 9.59 Å². The first-order valence-corrected chi connectivity index (χ1v) is 6.69. The fraction of sp³-hybridized carbons (Fsp3) is 0.333. The van der Waals surface area contributed by atoms with Crippen LogP contribution in [0.4, 0.5) is 0 Å². The van der Waals surface area contributed by atoms with Gasteiger partial charge in [-0.15, -0.1) is 0 Å². The number of nitrogens with zero attached hydrogens (tertiary/aromatic N) is 1. The molecule has 0 spiro atoms. The first kappa shape index (κ1) is 14.1. The average molecular weight is 274 g/mol. The molecule has 0 saturated carbocycles. The van der Waals surface area contributed by atoms with Crippen LogP contribution in [0.2, 0.25) is 0 Å². The number of benzene rings is 1. The number of para-hydroxylation sites is 1. The largest absolute Gasteiger partial charge is 0.481 e. The van der Waals surface area contributed by atoms with Crippen molar-refractivity contribution in [2.75, 3.05) is 6.54 Å². The molecule has 1 amide bonds. The highest BCUT2D eigenvalue weighted by Crippen LogP contribution is 2.14. The van der Waals surface area contributed by atoms with Crippen LogP contribution in [-0.2, 0) is 16.1 Å². The number of unbranched alkanes of at least 4 members (excludes halogenated alkanes) is 1. The number of carbonyl (C=O) groups is 2. The second-order valence-corrected chi connectivity index (χ2v) is 4.70. The number of nitrogens with one attached hydrogen (secondary N) is 1. The fourth-order valence-electron chi connectivity index (χ4n) is 2.12. The van der Waals surface area contributed by atoms with Crippen molar-refractivity contribution in [1.82, 2.24) is 9.88 Å². The van der Waals surface area contributed by atoms with Crippen LogP contribution in [-0.4, -0.2) is 28.1 Å². The van der Waals surface area contributed by atoms with E-state index >= 15 is 0 Å². The Kier molecular flexibility index (Phi) is 4.76. The van der Waals surface area contributed by atoms with Crippen LogP contribution < -0.4 is 5.32 Å². The van der Waals surface area contributed by atoms with E-state index in [1.165, 1.54) is 0 Å². The lowest BCUT2D eigenvalue weighted by Crippen LogP contribution is -2.28. The number of carboxylic acids is 1. The van der Waals surface area contributed by atoms with Crippen LogP contribution in [0.1, 0.15) is 19.3 Å². The van der Waals surface area contributed by atoms with Crippen molar-refractivity contribution in [1.29, 1.82) is 0 Å². The Morgan fingerprint density at radius 2 is 1.95 bits per heavy atom. The third-order valence-electron chi connectivity index (χ3n) is 3.13. The van der Waals surface area contributed by atoms with Crippen LogP contribution in [0.3, 0.4) is 0 Å². The predicted molar refractivity (Wildman–Crippen MR) is 76.4 cm³/mol. The molecule has 2 aromatic rings. The van der Waals surface area contributed by atoms with Gasteiger partial charge in [0.15, 0.2) is 0 Å². The van der Waals surface area contributed by atoms with Crippen LogP contribution in [0.5, 0.6) is 0 Å². The highest BCUT2D eigenvalue weighted by Gasteiger charge is 2.05. The van der Waals surface area contributed by atoms with E-state index in [9.17, 15) is 9.59 Å². The van der Waals surface area contributed by atoms with Crippen LogP contribution in [0, 0.1) is 0 Å². The Balaban J connectivity index is 1.78. The highest BCUT2D eigenvalue weighted by molar-refractivity contribution is 5.83. The maximum Gasteiger partial charge on any atom is 0.303 e. The molecule has 0 unspecified atom stereocenters. The van der Waals surface area contributed by atoms with Crippen LogP contribution in [0.25, 0.3) is 10.9 Å². The minimum Gasteiger partial charge on any atom is -0.481 e. The molecule has 5 heteroatoms. The van der Waals surface area contributed by atoms with Crippen LogP contribution >= 0.6 is 0 Å². The minimum atomic E-state index is -0.796. The number of aromatic nitrogens is 1. The third kappa shape index (κ3) is 3.85. The second-order valence-electron chi connectivity index (χ2n) is 4.70. The van der Waals surface area contributed by atoms with E-state index in [0.29, 0.717) is 19.4 Å². The lowest BCUT2D eigenvalue weighted by molar-refractivity contribution is -0.137. The van der Waals surface area contributed by atoms with Crippen LogP contribution in [0.15, 0.2) is 36.5 Å². The topological polar surface area (TPSA) is 71.3 Å². The molecule has 5 nitrogen and oxygen atoms in total. The zero-order chi connectivity index (χ0) is 14.4. The van der Waals surface area contributed by atoms with Crippen molar-refractivity contribution in [3.63, 3.8) is 0 Å². The van der Waals surface area contributed by atoms with Gasteiger partial charge in [0.25, 0.3) is 0 Å². The zero-order valence-corrected chi connectivity index (χ0v) is 11.2. The van der Waals surface area contributed by atoms with Gasteiger partial charge in [0.1, 0.15) is 6.54 Å². The molecule has 0 aliphatic carbocycles. The molecule has 2 N–H and O–H groups in total. The molecule has 0 radical (unpaired) electrons. The molecule has 20 heavy (non-hydrogen) atoms. The SMILES string of the molecule is O=C(O)CCCCNC(=O)Cn1ccc2ccccc21. The normalized spacial score (nSPS) is 10.6. The summed E-state index contributed by atoms with van der Waals surface area (Å²) in [5.41, 5.74) is 1.04. The van der Waals surface area contributed by atoms with Gasteiger partial charge in [0.2, 0.25) is 5.91 Å². The Hall–Kier alpha value is -2.30. The van der Waals surface area contributed by atoms with E-state index in [2.05, 4.69) is 5.32 Å². The molecule has 0 saturated heterocycles. The first-order valence-electron chi connectivity index (χ1n) is 6.69. The zero-order valence-electron chi connectivity index (χ0n) is 11.2. The number of hydrogen-bond donors (Lipinski definition) is 2. The molecule has 106 valence electrons. The number of amides is 1. The summed E-state index contributed by atoms with van der Waals surface area (Å²) in [7, 11) is 0. The van der Waals surface area contributed by atoms with E-state index in [0.717, 1.165) is 10.9 Å².